The Bertz CT molecular complexity index is 694. The van der Waals surface area contributed by atoms with Gasteiger partial charge in [-0.15, -0.1) is 0 Å². The number of carbonyl (C=O) groups excluding carboxylic acids is 1. The zero-order chi connectivity index (χ0) is 14.6. The van der Waals surface area contributed by atoms with Gasteiger partial charge in [-0.2, -0.15) is 0 Å². The molecule has 2 aliphatic carbocycles. The van der Waals surface area contributed by atoms with Gasteiger partial charge in [0.2, 0.25) is 0 Å². The van der Waals surface area contributed by atoms with E-state index in [9.17, 15) is 4.79 Å². The molecule has 2 aliphatic rings. The smallest absolute Gasteiger partial charge is 0.256 e. The Hall–Kier alpha value is -1.77. The van der Waals surface area contributed by atoms with Gasteiger partial charge in [-0.05, 0) is 44.6 Å². The Morgan fingerprint density at radius 3 is 2.62 bits per heavy atom. The van der Waals surface area contributed by atoms with E-state index in [1.807, 2.05) is 25.4 Å². The number of fused-ring (bicyclic) bond motifs is 1. The molecule has 1 atom stereocenters. The molecule has 1 aromatic heterocycles. The Kier molecular flexibility index (Phi) is 2.84. The number of amides is 1. The minimum atomic E-state index is 0.230. The van der Waals surface area contributed by atoms with Crippen molar-refractivity contribution >= 4 is 16.8 Å². The summed E-state index contributed by atoms with van der Waals surface area (Å²) in [5.74, 6) is 0.957. The maximum absolute atomic E-state index is 13.1. The highest BCUT2D eigenvalue weighted by molar-refractivity contribution is 6.07. The van der Waals surface area contributed by atoms with E-state index >= 15 is 0 Å². The van der Waals surface area contributed by atoms with Crippen molar-refractivity contribution in [2.75, 3.05) is 0 Å². The van der Waals surface area contributed by atoms with Crippen LogP contribution < -0.4 is 0 Å². The molecule has 1 aromatic carbocycles. The summed E-state index contributed by atoms with van der Waals surface area (Å²) in [6.07, 6.45) is 6.92. The molecule has 3 heteroatoms. The molecule has 1 heterocycles. The zero-order valence-electron chi connectivity index (χ0n) is 12.7. The van der Waals surface area contributed by atoms with Crippen molar-refractivity contribution in [2.24, 2.45) is 13.0 Å². The van der Waals surface area contributed by atoms with Gasteiger partial charge >= 0.3 is 0 Å². The first-order valence-corrected chi connectivity index (χ1v) is 8.03. The monoisotopic (exact) mass is 282 g/mol. The zero-order valence-corrected chi connectivity index (χ0v) is 12.7. The molecule has 0 bridgehead atoms. The molecular formula is C18H22N2O. The number of hydrogen-bond donors (Lipinski definition) is 0. The maximum Gasteiger partial charge on any atom is 0.256 e. The molecule has 1 amide bonds. The van der Waals surface area contributed by atoms with E-state index in [1.54, 1.807) is 0 Å². The van der Waals surface area contributed by atoms with Crippen LogP contribution in [0.2, 0.25) is 0 Å². The highest BCUT2D eigenvalue weighted by atomic mass is 16.2. The predicted octanol–water partition coefficient (Wildman–Crippen LogP) is 3.58. The number of nitrogens with zero attached hydrogens (tertiary/aromatic N) is 2. The summed E-state index contributed by atoms with van der Waals surface area (Å²) in [4.78, 5) is 15.3. The lowest BCUT2D eigenvalue weighted by molar-refractivity contribution is 0.0656. The summed E-state index contributed by atoms with van der Waals surface area (Å²) in [5.41, 5.74) is 2.00. The number of aryl methyl sites for hydroxylation is 1. The van der Waals surface area contributed by atoms with E-state index in [2.05, 4.69) is 28.5 Å². The van der Waals surface area contributed by atoms with Crippen molar-refractivity contribution in [2.45, 2.75) is 44.7 Å². The van der Waals surface area contributed by atoms with E-state index in [-0.39, 0.29) is 5.91 Å². The van der Waals surface area contributed by atoms with Crippen LogP contribution in [0.4, 0.5) is 0 Å². The van der Waals surface area contributed by atoms with Crippen molar-refractivity contribution in [3.05, 3.63) is 36.0 Å². The van der Waals surface area contributed by atoms with Crippen LogP contribution in [0.5, 0.6) is 0 Å². The molecular weight excluding hydrogens is 260 g/mol. The summed E-state index contributed by atoms with van der Waals surface area (Å²) >= 11 is 0. The van der Waals surface area contributed by atoms with Crippen LogP contribution in [-0.4, -0.2) is 27.5 Å². The largest absolute Gasteiger partial charge is 0.350 e. The fourth-order valence-corrected chi connectivity index (χ4v) is 3.49. The highest BCUT2D eigenvalue weighted by Crippen LogP contribution is 2.40. The standard InChI is InChI=1S/C18H22N2O/c1-12(13-7-8-13)20(14-9-10-14)18(21)16-11-19(2)17-6-4-3-5-15(16)17/h3-6,11-14H,7-10H2,1-2H3. The second kappa shape index (κ2) is 4.62. The van der Waals surface area contributed by atoms with Crippen LogP contribution >= 0.6 is 0 Å². The first-order chi connectivity index (χ1) is 10.2. The molecule has 2 aromatic rings. The van der Waals surface area contributed by atoms with Crippen LogP contribution in [0.15, 0.2) is 30.5 Å². The molecule has 21 heavy (non-hydrogen) atoms. The van der Waals surface area contributed by atoms with Gasteiger partial charge in [0.1, 0.15) is 0 Å². The van der Waals surface area contributed by atoms with Gasteiger partial charge in [0, 0.05) is 36.2 Å². The molecule has 0 N–H and O–H groups in total. The average Bonchev–Trinajstić information content (AvgIpc) is 3.37. The summed E-state index contributed by atoms with van der Waals surface area (Å²) < 4.78 is 2.06. The second-order valence-corrected chi connectivity index (χ2v) is 6.69. The summed E-state index contributed by atoms with van der Waals surface area (Å²) in [7, 11) is 2.02. The highest BCUT2D eigenvalue weighted by Gasteiger charge is 2.42. The lowest BCUT2D eigenvalue weighted by Crippen LogP contribution is -2.41. The second-order valence-electron chi connectivity index (χ2n) is 6.69. The molecule has 2 fully saturated rings. The quantitative estimate of drug-likeness (QED) is 0.841. The van der Waals surface area contributed by atoms with E-state index in [4.69, 9.17) is 0 Å². The third kappa shape index (κ3) is 2.15. The summed E-state index contributed by atoms with van der Waals surface area (Å²) in [5, 5.41) is 1.08. The Balaban J connectivity index is 1.74. The molecule has 0 aliphatic heterocycles. The SMILES string of the molecule is CC(C1CC1)N(C(=O)c1cn(C)c2ccccc12)C1CC1. The molecule has 0 radical (unpaired) electrons. The van der Waals surface area contributed by atoms with E-state index in [0.717, 1.165) is 22.4 Å². The Morgan fingerprint density at radius 1 is 1.24 bits per heavy atom. The Morgan fingerprint density at radius 2 is 1.95 bits per heavy atom. The average molecular weight is 282 g/mol. The molecule has 3 nitrogen and oxygen atoms in total. The topological polar surface area (TPSA) is 25.2 Å². The number of benzene rings is 1. The van der Waals surface area contributed by atoms with Crippen LogP contribution in [0, 0.1) is 5.92 Å². The fraction of sp³-hybridized carbons (Fsp3) is 0.500. The number of rotatable bonds is 4. The molecule has 0 spiro atoms. The van der Waals surface area contributed by atoms with Gasteiger partial charge in [0.15, 0.2) is 0 Å². The molecule has 110 valence electrons. The van der Waals surface area contributed by atoms with Crippen molar-refractivity contribution in [1.29, 1.82) is 0 Å². The summed E-state index contributed by atoms with van der Waals surface area (Å²) in [6.45, 7) is 2.24. The maximum atomic E-state index is 13.1. The number of hydrogen-bond acceptors (Lipinski definition) is 1. The number of aromatic nitrogens is 1. The van der Waals surface area contributed by atoms with Crippen molar-refractivity contribution < 1.29 is 4.79 Å². The van der Waals surface area contributed by atoms with Crippen molar-refractivity contribution in [3.63, 3.8) is 0 Å². The van der Waals surface area contributed by atoms with E-state index in [1.165, 1.54) is 25.7 Å². The molecule has 0 saturated heterocycles. The number of carbonyl (C=O) groups is 1. The molecule has 4 rings (SSSR count). The Labute approximate surface area is 125 Å². The van der Waals surface area contributed by atoms with Crippen LogP contribution in [0.3, 0.4) is 0 Å². The van der Waals surface area contributed by atoms with Gasteiger partial charge in [0.25, 0.3) is 5.91 Å². The predicted molar refractivity (Wildman–Crippen MR) is 84.3 cm³/mol. The van der Waals surface area contributed by atoms with Gasteiger partial charge < -0.3 is 9.47 Å². The van der Waals surface area contributed by atoms with Crippen molar-refractivity contribution in [1.82, 2.24) is 9.47 Å². The normalized spacial score (nSPS) is 19.7. The first kappa shape index (κ1) is 12.9. The van der Waals surface area contributed by atoms with Crippen LogP contribution in [0.25, 0.3) is 10.9 Å². The molecule has 2 saturated carbocycles. The lowest BCUT2D eigenvalue weighted by Gasteiger charge is -2.29. The lowest BCUT2D eigenvalue weighted by atomic mass is 10.1. The number of para-hydroxylation sites is 1. The van der Waals surface area contributed by atoms with Gasteiger partial charge in [-0.25, -0.2) is 0 Å². The van der Waals surface area contributed by atoms with Crippen LogP contribution in [0.1, 0.15) is 43.0 Å². The molecule has 1 unspecified atom stereocenters. The van der Waals surface area contributed by atoms with E-state index in [0.29, 0.717) is 12.1 Å². The third-order valence-electron chi connectivity index (χ3n) is 5.05. The minimum Gasteiger partial charge on any atom is -0.350 e. The fourth-order valence-electron chi connectivity index (χ4n) is 3.49. The van der Waals surface area contributed by atoms with Gasteiger partial charge in [-0.1, -0.05) is 18.2 Å². The summed E-state index contributed by atoms with van der Waals surface area (Å²) in [6, 6.07) is 9.07. The first-order valence-electron chi connectivity index (χ1n) is 8.03. The van der Waals surface area contributed by atoms with Gasteiger partial charge in [-0.3, -0.25) is 4.79 Å². The van der Waals surface area contributed by atoms with Crippen LogP contribution in [-0.2, 0) is 7.05 Å². The minimum absolute atomic E-state index is 0.230. The van der Waals surface area contributed by atoms with Crippen molar-refractivity contribution in [3.8, 4) is 0 Å². The van der Waals surface area contributed by atoms with E-state index < -0.39 is 0 Å². The van der Waals surface area contributed by atoms with Gasteiger partial charge in [0.05, 0.1) is 5.56 Å². The third-order valence-corrected chi connectivity index (χ3v) is 5.05.